The van der Waals surface area contributed by atoms with Crippen LogP contribution in [0.5, 0.6) is 11.5 Å². The third kappa shape index (κ3) is 5.32. The van der Waals surface area contributed by atoms with E-state index in [0.29, 0.717) is 5.75 Å². The average Bonchev–Trinajstić information content (AvgIpc) is 2.62. The van der Waals surface area contributed by atoms with Gasteiger partial charge in [0.15, 0.2) is 11.5 Å². The van der Waals surface area contributed by atoms with E-state index in [0.717, 1.165) is 30.0 Å². The zero-order chi connectivity index (χ0) is 18.2. The van der Waals surface area contributed by atoms with E-state index in [2.05, 4.69) is 4.90 Å². The number of non-ortho nitro benzene ring substituents is 1. The number of benzene rings is 2. The van der Waals surface area contributed by atoms with Crippen molar-refractivity contribution in [2.45, 2.75) is 6.54 Å². The second-order valence-electron chi connectivity index (χ2n) is 5.64. The third-order valence-corrected chi connectivity index (χ3v) is 3.73. The van der Waals surface area contributed by atoms with Gasteiger partial charge in [-0.15, -0.1) is 0 Å². The molecule has 0 radical (unpaired) electrons. The summed E-state index contributed by atoms with van der Waals surface area (Å²) in [7, 11) is 5.27. The fourth-order valence-electron chi connectivity index (χ4n) is 2.43. The summed E-state index contributed by atoms with van der Waals surface area (Å²) in [5, 5.41) is 10.6. The number of nitro benzene ring substituents is 1. The topological polar surface area (TPSA) is 64.8 Å². The largest absolute Gasteiger partial charge is 0.493 e. The second kappa shape index (κ2) is 8.84. The summed E-state index contributed by atoms with van der Waals surface area (Å²) in [4.78, 5) is 12.4. The molecular formula is C19H22N2O4. The molecule has 0 aromatic heterocycles. The minimum atomic E-state index is -0.398. The molecule has 2 aromatic carbocycles. The van der Waals surface area contributed by atoms with E-state index in [1.54, 1.807) is 26.4 Å². The predicted octanol–water partition coefficient (Wildman–Crippen LogP) is 3.76. The zero-order valence-corrected chi connectivity index (χ0v) is 14.6. The fraction of sp³-hybridized carbons (Fsp3) is 0.263. The minimum Gasteiger partial charge on any atom is -0.493 e. The van der Waals surface area contributed by atoms with Gasteiger partial charge < -0.3 is 9.47 Å². The van der Waals surface area contributed by atoms with Crippen molar-refractivity contribution in [3.8, 4) is 11.5 Å². The van der Waals surface area contributed by atoms with E-state index in [1.807, 2.05) is 37.4 Å². The Kier molecular flexibility index (Phi) is 6.54. The summed E-state index contributed by atoms with van der Waals surface area (Å²) in [6.07, 6.45) is 3.98. The van der Waals surface area contributed by atoms with Crippen LogP contribution in [-0.2, 0) is 6.54 Å². The van der Waals surface area contributed by atoms with Crippen LogP contribution in [0.1, 0.15) is 11.1 Å². The van der Waals surface area contributed by atoms with E-state index in [4.69, 9.17) is 9.47 Å². The lowest BCUT2D eigenvalue weighted by Crippen LogP contribution is -2.17. The molecule has 132 valence electrons. The Morgan fingerprint density at radius 3 is 2.36 bits per heavy atom. The summed E-state index contributed by atoms with van der Waals surface area (Å²) in [5.74, 6) is 1.43. The Morgan fingerprint density at radius 1 is 1.08 bits per heavy atom. The number of methoxy groups -OCH3 is 2. The molecule has 0 fully saturated rings. The van der Waals surface area contributed by atoms with Crippen molar-refractivity contribution < 1.29 is 14.4 Å². The first-order valence-electron chi connectivity index (χ1n) is 7.84. The molecule has 25 heavy (non-hydrogen) atoms. The Hall–Kier alpha value is -2.86. The van der Waals surface area contributed by atoms with Gasteiger partial charge in [0.25, 0.3) is 5.69 Å². The summed E-state index contributed by atoms with van der Waals surface area (Å²) in [6, 6.07) is 12.4. The maximum Gasteiger partial charge on any atom is 0.269 e. The van der Waals surface area contributed by atoms with Gasteiger partial charge in [-0.3, -0.25) is 15.0 Å². The molecule has 0 atom stereocenters. The van der Waals surface area contributed by atoms with Gasteiger partial charge in [0.2, 0.25) is 0 Å². The van der Waals surface area contributed by atoms with Gasteiger partial charge in [-0.1, -0.05) is 18.2 Å². The summed E-state index contributed by atoms with van der Waals surface area (Å²) in [5.41, 5.74) is 2.16. The Labute approximate surface area is 147 Å². The molecular weight excluding hydrogens is 320 g/mol. The first-order valence-corrected chi connectivity index (χ1v) is 7.84. The average molecular weight is 342 g/mol. The van der Waals surface area contributed by atoms with Crippen LogP contribution in [0.4, 0.5) is 5.69 Å². The molecule has 0 saturated heterocycles. The number of hydrogen-bond acceptors (Lipinski definition) is 5. The molecule has 0 unspecified atom stereocenters. The van der Waals surface area contributed by atoms with Gasteiger partial charge >= 0.3 is 0 Å². The predicted molar refractivity (Wildman–Crippen MR) is 98.0 cm³/mol. The van der Waals surface area contributed by atoms with Crippen LogP contribution in [0.15, 0.2) is 48.5 Å². The molecule has 0 aliphatic carbocycles. The van der Waals surface area contributed by atoms with Gasteiger partial charge in [-0.25, -0.2) is 0 Å². The highest BCUT2D eigenvalue weighted by molar-refractivity contribution is 5.51. The molecule has 0 aliphatic rings. The quantitative estimate of drug-likeness (QED) is 0.540. The molecule has 0 amide bonds. The van der Waals surface area contributed by atoms with Crippen LogP contribution in [0, 0.1) is 10.1 Å². The van der Waals surface area contributed by atoms with Crippen LogP contribution in [0.25, 0.3) is 6.08 Å². The highest BCUT2D eigenvalue weighted by atomic mass is 16.6. The van der Waals surface area contributed by atoms with Crippen LogP contribution < -0.4 is 9.47 Å². The van der Waals surface area contributed by atoms with Gasteiger partial charge in [0.1, 0.15) is 0 Å². The highest BCUT2D eigenvalue weighted by Crippen LogP contribution is 2.27. The van der Waals surface area contributed by atoms with E-state index in [1.165, 1.54) is 12.1 Å². The van der Waals surface area contributed by atoms with Crippen molar-refractivity contribution in [1.29, 1.82) is 0 Å². The number of nitro groups is 1. The lowest BCUT2D eigenvalue weighted by atomic mass is 10.2. The van der Waals surface area contributed by atoms with Crippen LogP contribution in [0.2, 0.25) is 0 Å². The normalized spacial score (nSPS) is 11.0. The van der Waals surface area contributed by atoms with Crippen molar-refractivity contribution in [2.75, 3.05) is 27.8 Å². The molecule has 6 nitrogen and oxygen atoms in total. The van der Waals surface area contributed by atoms with Crippen LogP contribution in [-0.4, -0.2) is 37.6 Å². The number of hydrogen-bond donors (Lipinski definition) is 0. The maximum absolute atomic E-state index is 10.6. The minimum absolute atomic E-state index is 0.0997. The molecule has 0 spiro atoms. The number of nitrogens with zero attached hydrogens (tertiary/aromatic N) is 2. The van der Waals surface area contributed by atoms with E-state index < -0.39 is 4.92 Å². The van der Waals surface area contributed by atoms with Gasteiger partial charge in [-0.05, 0) is 42.4 Å². The smallest absolute Gasteiger partial charge is 0.269 e. The first kappa shape index (κ1) is 18.5. The Bertz CT molecular complexity index is 742. The van der Waals surface area contributed by atoms with E-state index in [-0.39, 0.29) is 5.69 Å². The number of rotatable bonds is 8. The zero-order valence-electron chi connectivity index (χ0n) is 14.6. The SMILES string of the molecule is COc1ccc(CN(C)C/C=C/c2ccc([N+](=O)[O-])cc2)cc1OC. The second-order valence-corrected chi connectivity index (χ2v) is 5.64. The molecule has 0 bridgehead atoms. The lowest BCUT2D eigenvalue weighted by Gasteiger charge is -2.16. The highest BCUT2D eigenvalue weighted by Gasteiger charge is 2.06. The molecule has 0 heterocycles. The molecule has 0 saturated carbocycles. The van der Waals surface area contributed by atoms with Crippen molar-refractivity contribution in [3.05, 3.63) is 69.8 Å². The van der Waals surface area contributed by atoms with Crippen molar-refractivity contribution in [1.82, 2.24) is 4.90 Å². The summed E-state index contributed by atoms with van der Waals surface area (Å²) < 4.78 is 10.6. The standard InChI is InChI=1S/C19H22N2O4/c1-20(14-16-8-11-18(24-2)19(13-16)25-3)12-4-5-15-6-9-17(10-7-15)21(22)23/h4-11,13H,12,14H2,1-3H3/b5-4+. The molecule has 2 aromatic rings. The van der Waals surface area contributed by atoms with Gasteiger partial charge in [0, 0.05) is 25.2 Å². The van der Waals surface area contributed by atoms with Crippen LogP contribution >= 0.6 is 0 Å². The molecule has 2 rings (SSSR count). The Balaban J connectivity index is 1.91. The van der Waals surface area contributed by atoms with Gasteiger partial charge in [-0.2, -0.15) is 0 Å². The van der Waals surface area contributed by atoms with E-state index >= 15 is 0 Å². The maximum atomic E-state index is 10.6. The Morgan fingerprint density at radius 2 is 1.76 bits per heavy atom. The van der Waals surface area contributed by atoms with Crippen molar-refractivity contribution in [2.24, 2.45) is 0 Å². The van der Waals surface area contributed by atoms with Crippen molar-refractivity contribution in [3.63, 3.8) is 0 Å². The molecule has 0 N–H and O–H groups in total. The molecule has 6 heteroatoms. The third-order valence-electron chi connectivity index (χ3n) is 3.73. The summed E-state index contributed by atoms with van der Waals surface area (Å²) in [6.45, 7) is 1.52. The fourth-order valence-corrected chi connectivity index (χ4v) is 2.43. The molecule has 0 aliphatic heterocycles. The van der Waals surface area contributed by atoms with Crippen LogP contribution in [0.3, 0.4) is 0 Å². The monoisotopic (exact) mass is 342 g/mol. The van der Waals surface area contributed by atoms with Gasteiger partial charge in [0.05, 0.1) is 19.1 Å². The van der Waals surface area contributed by atoms with E-state index in [9.17, 15) is 10.1 Å². The number of ether oxygens (including phenoxy) is 2. The number of likely N-dealkylation sites (N-methyl/N-ethyl adjacent to an activating group) is 1. The first-order chi connectivity index (χ1) is 12.0. The lowest BCUT2D eigenvalue weighted by molar-refractivity contribution is -0.384. The van der Waals surface area contributed by atoms with Crippen molar-refractivity contribution >= 4 is 11.8 Å². The summed E-state index contributed by atoms with van der Waals surface area (Å²) >= 11 is 0.